The Kier molecular flexibility index (Phi) is 6.44. The second-order valence-corrected chi connectivity index (χ2v) is 8.59. The first kappa shape index (κ1) is 23.8. The quantitative estimate of drug-likeness (QED) is 0.127. The number of nitrogens with zero attached hydrogens (tertiary/aromatic N) is 2. The lowest BCUT2D eigenvalue weighted by molar-refractivity contribution is -0.384. The van der Waals surface area contributed by atoms with Gasteiger partial charge < -0.3 is 4.74 Å². The molecule has 4 aromatic rings. The number of hydrogen-bond acceptors (Lipinski definition) is 6. The van der Waals surface area contributed by atoms with Crippen molar-refractivity contribution in [3.63, 3.8) is 0 Å². The average Bonchev–Trinajstić information content (AvgIpc) is 2.90. The number of rotatable bonds is 6. The molecule has 1 aliphatic rings. The third-order valence-electron chi connectivity index (χ3n) is 5.85. The molecule has 0 radical (unpaired) electrons. The monoisotopic (exact) mass is 509 g/mol. The first-order valence-electron chi connectivity index (χ1n) is 11.3. The van der Waals surface area contributed by atoms with E-state index in [1.165, 1.54) is 23.1 Å². The largest absolute Gasteiger partial charge is 0.488 e. The Labute approximate surface area is 216 Å². The van der Waals surface area contributed by atoms with Gasteiger partial charge in [0, 0.05) is 17.7 Å². The summed E-state index contributed by atoms with van der Waals surface area (Å²) in [5.41, 5.74) is 1.52. The van der Waals surface area contributed by atoms with Crippen molar-refractivity contribution in [3.8, 4) is 5.75 Å². The zero-order valence-electron chi connectivity index (χ0n) is 19.3. The molecule has 182 valence electrons. The van der Waals surface area contributed by atoms with Crippen LogP contribution in [0.1, 0.15) is 11.1 Å². The molecule has 1 saturated heterocycles. The van der Waals surface area contributed by atoms with E-state index in [2.05, 4.69) is 5.32 Å². The van der Waals surface area contributed by atoms with Gasteiger partial charge in [0.2, 0.25) is 0 Å². The number of fused-ring (bicyclic) bond motifs is 1. The molecule has 2 amide bonds. The molecule has 8 nitrogen and oxygen atoms in total. The van der Waals surface area contributed by atoms with Crippen molar-refractivity contribution in [2.45, 2.75) is 6.61 Å². The molecule has 5 rings (SSSR count). The lowest BCUT2D eigenvalue weighted by Crippen LogP contribution is -2.54. The molecule has 1 N–H and O–H groups in total. The molecule has 1 heterocycles. The van der Waals surface area contributed by atoms with Crippen molar-refractivity contribution < 1.29 is 19.2 Å². The molecule has 0 spiro atoms. The predicted molar refractivity (Wildman–Crippen MR) is 144 cm³/mol. The Morgan fingerprint density at radius 2 is 1.70 bits per heavy atom. The number of ether oxygens (including phenoxy) is 1. The van der Waals surface area contributed by atoms with Crippen LogP contribution in [0.15, 0.2) is 96.6 Å². The van der Waals surface area contributed by atoms with Crippen LogP contribution < -0.4 is 15.0 Å². The van der Waals surface area contributed by atoms with Crippen molar-refractivity contribution in [2.75, 3.05) is 4.90 Å². The van der Waals surface area contributed by atoms with Crippen LogP contribution in [-0.4, -0.2) is 21.9 Å². The molecule has 37 heavy (non-hydrogen) atoms. The molecule has 0 saturated carbocycles. The Hall–Kier alpha value is -4.89. The average molecular weight is 510 g/mol. The highest BCUT2D eigenvalue weighted by molar-refractivity contribution is 7.80. The number of nitro benzene ring substituents is 1. The number of nitro groups is 1. The fourth-order valence-electron chi connectivity index (χ4n) is 4.08. The highest BCUT2D eigenvalue weighted by Gasteiger charge is 2.34. The maximum atomic E-state index is 13.5. The van der Waals surface area contributed by atoms with E-state index >= 15 is 0 Å². The van der Waals surface area contributed by atoms with Gasteiger partial charge in [-0.1, -0.05) is 60.7 Å². The van der Waals surface area contributed by atoms with Crippen LogP contribution in [0.4, 0.5) is 11.4 Å². The van der Waals surface area contributed by atoms with Crippen LogP contribution in [0.25, 0.3) is 16.8 Å². The maximum absolute atomic E-state index is 13.5. The van der Waals surface area contributed by atoms with Gasteiger partial charge in [0.05, 0.1) is 10.6 Å². The maximum Gasteiger partial charge on any atom is 0.270 e. The highest BCUT2D eigenvalue weighted by Crippen LogP contribution is 2.32. The third-order valence-corrected chi connectivity index (χ3v) is 6.14. The fourth-order valence-corrected chi connectivity index (χ4v) is 4.37. The van der Waals surface area contributed by atoms with Crippen LogP contribution in [0.2, 0.25) is 0 Å². The molecule has 0 aliphatic carbocycles. The first-order chi connectivity index (χ1) is 17.9. The van der Waals surface area contributed by atoms with E-state index in [1.807, 2.05) is 36.4 Å². The lowest BCUT2D eigenvalue weighted by Gasteiger charge is -2.29. The predicted octanol–water partition coefficient (Wildman–Crippen LogP) is 5.16. The van der Waals surface area contributed by atoms with Gasteiger partial charge in [-0.15, -0.1) is 0 Å². The summed E-state index contributed by atoms with van der Waals surface area (Å²) in [4.78, 5) is 38.3. The second-order valence-electron chi connectivity index (χ2n) is 8.21. The van der Waals surface area contributed by atoms with E-state index in [-0.39, 0.29) is 23.0 Å². The molecular weight excluding hydrogens is 490 g/mol. The molecule has 0 atom stereocenters. The van der Waals surface area contributed by atoms with Crippen LogP contribution in [-0.2, 0) is 16.2 Å². The molecule has 0 aromatic heterocycles. The molecule has 4 aromatic carbocycles. The molecule has 0 bridgehead atoms. The molecule has 1 fully saturated rings. The van der Waals surface area contributed by atoms with E-state index in [1.54, 1.807) is 42.5 Å². The number of carbonyl (C=O) groups excluding carboxylic acids is 2. The topological polar surface area (TPSA) is 102 Å². The molecular formula is C28H19N3O5S. The molecule has 0 unspecified atom stereocenters. The van der Waals surface area contributed by atoms with E-state index in [0.29, 0.717) is 22.6 Å². The van der Waals surface area contributed by atoms with Gasteiger partial charge in [-0.05, 0) is 52.8 Å². The molecule has 1 aliphatic heterocycles. The number of para-hydroxylation sites is 1. The number of non-ortho nitro benzene ring substituents is 1. The van der Waals surface area contributed by atoms with Gasteiger partial charge in [-0.2, -0.15) is 0 Å². The van der Waals surface area contributed by atoms with Crippen molar-refractivity contribution in [1.82, 2.24) is 5.32 Å². The first-order valence-corrected chi connectivity index (χ1v) is 11.7. The summed E-state index contributed by atoms with van der Waals surface area (Å²) >= 11 is 5.28. The number of anilines is 1. The van der Waals surface area contributed by atoms with E-state index < -0.39 is 16.7 Å². The summed E-state index contributed by atoms with van der Waals surface area (Å²) in [6.07, 6.45) is 1.50. The van der Waals surface area contributed by atoms with Gasteiger partial charge in [-0.25, -0.2) is 0 Å². The number of thiocarbonyl (C=S) groups is 1. The minimum atomic E-state index is -0.611. The van der Waals surface area contributed by atoms with E-state index in [0.717, 1.165) is 10.8 Å². The van der Waals surface area contributed by atoms with Gasteiger partial charge in [0.25, 0.3) is 17.5 Å². The Morgan fingerprint density at radius 1 is 0.946 bits per heavy atom. The van der Waals surface area contributed by atoms with E-state index in [4.69, 9.17) is 17.0 Å². The van der Waals surface area contributed by atoms with Crippen LogP contribution in [0, 0.1) is 10.1 Å². The minimum Gasteiger partial charge on any atom is -0.488 e. The van der Waals surface area contributed by atoms with Crippen molar-refractivity contribution in [3.05, 3.63) is 118 Å². The van der Waals surface area contributed by atoms with Crippen molar-refractivity contribution in [2.24, 2.45) is 0 Å². The minimum absolute atomic E-state index is 0.00147. The number of hydrogen-bond donors (Lipinski definition) is 1. The number of nitrogens with one attached hydrogen (secondary N) is 1. The van der Waals surface area contributed by atoms with Gasteiger partial charge in [-0.3, -0.25) is 29.9 Å². The van der Waals surface area contributed by atoms with Gasteiger partial charge in [0.1, 0.15) is 17.9 Å². The summed E-state index contributed by atoms with van der Waals surface area (Å²) in [5, 5.41) is 15.4. The Morgan fingerprint density at radius 3 is 2.49 bits per heavy atom. The smallest absolute Gasteiger partial charge is 0.270 e. The lowest BCUT2D eigenvalue weighted by atomic mass is 9.99. The van der Waals surface area contributed by atoms with Crippen LogP contribution in [0.5, 0.6) is 5.75 Å². The van der Waals surface area contributed by atoms with Crippen LogP contribution in [0.3, 0.4) is 0 Å². The van der Waals surface area contributed by atoms with Gasteiger partial charge in [0.15, 0.2) is 5.11 Å². The fraction of sp³-hybridized carbons (Fsp3) is 0.0357. The third kappa shape index (κ3) is 4.80. The summed E-state index contributed by atoms with van der Waals surface area (Å²) in [6, 6.07) is 26.1. The number of benzene rings is 4. The summed E-state index contributed by atoms with van der Waals surface area (Å²) < 4.78 is 6.06. The SMILES string of the molecule is O=C1NC(=S)N(c2ccccc2)C(=O)/C1=C\c1c(OCc2cccc([N+](=O)[O-])c2)ccc2ccccc12. The summed E-state index contributed by atoms with van der Waals surface area (Å²) in [5.74, 6) is -0.755. The Balaban J connectivity index is 1.56. The zero-order chi connectivity index (χ0) is 25.9. The highest BCUT2D eigenvalue weighted by atomic mass is 32.1. The number of amides is 2. The zero-order valence-corrected chi connectivity index (χ0v) is 20.1. The van der Waals surface area contributed by atoms with Crippen molar-refractivity contribution in [1.29, 1.82) is 0 Å². The van der Waals surface area contributed by atoms with Crippen LogP contribution >= 0.6 is 12.2 Å². The Bertz CT molecular complexity index is 1600. The standard InChI is InChI=1S/C28H19N3O5S/c32-26-24(27(33)30(28(37)29-26)20-9-2-1-3-10-20)16-23-22-12-5-4-8-19(22)13-14-25(23)36-17-18-7-6-11-21(15-18)31(34)35/h1-16H,17H2,(H,29,32,37)/b24-16-. The summed E-state index contributed by atoms with van der Waals surface area (Å²) in [7, 11) is 0. The van der Waals surface area contributed by atoms with E-state index in [9.17, 15) is 19.7 Å². The molecule has 9 heteroatoms. The normalized spacial score (nSPS) is 14.6. The summed E-state index contributed by atoms with van der Waals surface area (Å²) in [6.45, 7) is 0.0521. The second kappa shape index (κ2) is 10.00. The van der Waals surface area contributed by atoms with Gasteiger partial charge >= 0.3 is 0 Å². The van der Waals surface area contributed by atoms with Crippen molar-refractivity contribution >= 4 is 57.4 Å². The number of carbonyl (C=O) groups is 2.